The number of morpholine rings is 1. The highest BCUT2D eigenvalue weighted by Crippen LogP contribution is 2.17. The number of carboxylic acid groups (broad SMARTS) is 1. The molecule has 7 nitrogen and oxygen atoms in total. The summed E-state index contributed by atoms with van der Waals surface area (Å²) in [5, 5.41) is 9.25. The summed E-state index contributed by atoms with van der Waals surface area (Å²) in [5.74, 6) is -1.11. The first-order chi connectivity index (χ1) is 11.7. The Morgan fingerprint density at radius 3 is 2.52 bits per heavy atom. The van der Waals surface area contributed by atoms with Crippen molar-refractivity contribution in [3.63, 3.8) is 0 Å². The predicted molar refractivity (Wildman–Crippen MR) is 90.2 cm³/mol. The molecular weight excluding hydrogens is 326 g/mol. The van der Waals surface area contributed by atoms with Gasteiger partial charge >= 0.3 is 12.1 Å². The van der Waals surface area contributed by atoms with E-state index >= 15 is 0 Å². The molecule has 2 rings (SSSR count). The summed E-state index contributed by atoms with van der Waals surface area (Å²) in [5.41, 5.74) is 0.366. The van der Waals surface area contributed by atoms with Crippen LogP contribution in [0.15, 0.2) is 30.3 Å². The van der Waals surface area contributed by atoms with Gasteiger partial charge in [-0.2, -0.15) is 0 Å². The first kappa shape index (κ1) is 19.2. The molecule has 0 unspecified atom stereocenters. The maximum absolute atomic E-state index is 12.2. The molecule has 1 N–H and O–H groups in total. The highest BCUT2D eigenvalue weighted by atomic mass is 16.6. The Morgan fingerprint density at radius 2 is 1.92 bits per heavy atom. The Hall–Kier alpha value is -2.12. The van der Waals surface area contributed by atoms with E-state index in [-0.39, 0.29) is 19.7 Å². The van der Waals surface area contributed by atoms with Crippen molar-refractivity contribution in [1.29, 1.82) is 0 Å². The molecule has 2 atom stereocenters. The van der Waals surface area contributed by atoms with Gasteiger partial charge in [0.25, 0.3) is 0 Å². The largest absolute Gasteiger partial charge is 0.479 e. The van der Waals surface area contributed by atoms with Crippen LogP contribution in [-0.4, -0.2) is 59.6 Å². The quantitative estimate of drug-likeness (QED) is 0.876. The smallest absolute Gasteiger partial charge is 0.410 e. The lowest BCUT2D eigenvalue weighted by molar-refractivity contribution is -0.167. The minimum absolute atomic E-state index is 0.0422. The second kappa shape index (κ2) is 8.31. The van der Waals surface area contributed by atoms with Crippen molar-refractivity contribution < 1.29 is 28.9 Å². The Morgan fingerprint density at radius 1 is 1.24 bits per heavy atom. The second-order valence-corrected chi connectivity index (χ2v) is 6.97. The summed E-state index contributed by atoms with van der Waals surface area (Å²) in [4.78, 5) is 24.9. The maximum atomic E-state index is 12.2. The molecule has 0 bridgehead atoms. The van der Waals surface area contributed by atoms with Crippen LogP contribution in [0, 0.1) is 0 Å². The van der Waals surface area contributed by atoms with Crippen molar-refractivity contribution in [1.82, 2.24) is 4.90 Å². The van der Waals surface area contributed by atoms with E-state index in [1.807, 2.05) is 30.3 Å². The summed E-state index contributed by atoms with van der Waals surface area (Å²) < 4.78 is 16.5. The van der Waals surface area contributed by atoms with Crippen LogP contribution in [-0.2, 0) is 25.6 Å². The van der Waals surface area contributed by atoms with Gasteiger partial charge in [-0.15, -0.1) is 0 Å². The fourth-order valence-corrected chi connectivity index (χ4v) is 2.43. The van der Waals surface area contributed by atoms with Crippen LogP contribution in [0.3, 0.4) is 0 Å². The van der Waals surface area contributed by atoms with Crippen LogP contribution in [0.25, 0.3) is 0 Å². The fourth-order valence-electron chi connectivity index (χ4n) is 2.43. The molecule has 25 heavy (non-hydrogen) atoms. The zero-order valence-electron chi connectivity index (χ0n) is 14.8. The van der Waals surface area contributed by atoms with Crippen molar-refractivity contribution >= 4 is 12.1 Å². The molecule has 0 saturated carbocycles. The number of benzene rings is 1. The SMILES string of the molecule is CC(C)(C)OC(=O)N1C[C@H](COCc2ccccc2)O[C@H](C(=O)O)C1. The molecule has 138 valence electrons. The lowest BCUT2D eigenvalue weighted by atomic mass is 10.2. The van der Waals surface area contributed by atoms with Crippen molar-refractivity contribution in [2.24, 2.45) is 0 Å². The molecule has 1 saturated heterocycles. The summed E-state index contributed by atoms with van der Waals surface area (Å²) in [6, 6.07) is 9.63. The van der Waals surface area contributed by atoms with Gasteiger partial charge in [0.15, 0.2) is 6.10 Å². The number of carbonyl (C=O) groups excluding carboxylic acids is 1. The number of ether oxygens (including phenoxy) is 3. The average Bonchev–Trinajstić information content (AvgIpc) is 2.54. The predicted octanol–water partition coefficient (Wildman–Crippen LogP) is 2.29. The van der Waals surface area contributed by atoms with Gasteiger partial charge in [-0.3, -0.25) is 0 Å². The first-order valence-corrected chi connectivity index (χ1v) is 8.22. The molecular formula is C18H25NO6. The lowest BCUT2D eigenvalue weighted by Gasteiger charge is -2.37. The van der Waals surface area contributed by atoms with E-state index in [2.05, 4.69) is 0 Å². The molecule has 7 heteroatoms. The Labute approximate surface area is 147 Å². The van der Waals surface area contributed by atoms with Crippen molar-refractivity contribution in [2.45, 2.75) is 45.2 Å². The van der Waals surface area contributed by atoms with Gasteiger partial charge in [0.05, 0.1) is 32.4 Å². The van der Waals surface area contributed by atoms with Gasteiger partial charge in [-0.25, -0.2) is 9.59 Å². The molecule has 0 aliphatic carbocycles. The van der Waals surface area contributed by atoms with Crippen molar-refractivity contribution in [2.75, 3.05) is 19.7 Å². The molecule has 1 heterocycles. The van der Waals surface area contributed by atoms with E-state index in [1.165, 1.54) is 4.90 Å². The van der Waals surface area contributed by atoms with Crippen LogP contribution in [0.1, 0.15) is 26.3 Å². The van der Waals surface area contributed by atoms with Crippen LogP contribution >= 0.6 is 0 Å². The molecule has 0 aromatic heterocycles. The Balaban J connectivity index is 1.92. The summed E-state index contributed by atoms with van der Waals surface area (Å²) in [6.45, 7) is 6.07. The molecule has 0 spiro atoms. The number of nitrogens with zero attached hydrogens (tertiary/aromatic N) is 1. The first-order valence-electron chi connectivity index (χ1n) is 8.22. The number of carbonyl (C=O) groups is 2. The maximum Gasteiger partial charge on any atom is 0.410 e. The third-order valence-electron chi connectivity index (χ3n) is 3.51. The van der Waals surface area contributed by atoms with E-state index < -0.39 is 29.9 Å². The van der Waals surface area contributed by atoms with Gasteiger partial charge in [0, 0.05) is 0 Å². The van der Waals surface area contributed by atoms with Crippen LogP contribution < -0.4 is 0 Å². The van der Waals surface area contributed by atoms with Crippen molar-refractivity contribution in [3.8, 4) is 0 Å². The van der Waals surface area contributed by atoms with Gasteiger partial charge in [0.1, 0.15) is 5.60 Å². The number of aliphatic carboxylic acids is 1. The summed E-state index contributed by atoms with van der Waals surface area (Å²) in [7, 11) is 0. The number of amides is 1. The topological polar surface area (TPSA) is 85.3 Å². The highest BCUT2D eigenvalue weighted by molar-refractivity contribution is 5.75. The molecule has 1 fully saturated rings. The number of carboxylic acids is 1. The second-order valence-electron chi connectivity index (χ2n) is 6.97. The zero-order valence-corrected chi connectivity index (χ0v) is 14.8. The molecule has 1 aliphatic heterocycles. The highest BCUT2D eigenvalue weighted by Gasteiger charge is 2.36. The van der Waals surface area contributed by atoms with Crippen molar-refractivity contribution in [3.05, 3.63) is 35.9 Å². The number of hydrogen-bond acceptors (Lipinski definition) is 5. The van der Waals surface area contributed by atoms with Crippen LogP contribution in [0.2, 0.25) is 0 Å². The van der Waals surface area contributed by atoms with Gasteiger partial charge < -0.3 is 24.2 Å². The van der Waals surface area contributed by atoms with Gasteiger partial charge in [-0.1, -0.05) is 30.3 Å². The minimum atomic E-state index is -1.11. The summed E-state index contributed by atoms with van der Waals surface area (Å²) in [6.07, 6.45) is -2.16. The van der Waals surface area contributed by atoms with Gasteiger partial charge in [0.2, 0.25) is 0 Å². The molecule has 0 radical (unpaired) electrons. The minimum Gasteiger partial charge on any atom is -0.479 e. The van der Waals surface area contributed by atoms with Gasteiger partial charge in [-0.05, 0) is 26.3 Å². The molecule has 1 amide bonds. The van der Waals surface area contributed by atoms with E-state index in [0.717, 1.165) is 5.56 Å². The Kier molecular flexibility index (Phi) is 6.39. The summed E-state index contributed by atoms with van der Waals surface area (Å²) >= 11 is 0. The number of rotatable bonds is 5. The molecule has 1 aromatic carbocycles. The third-order valence-corrected chi connectivity index (χ3v) is 3.51. The fraction of sp³-hybridized carbons (Fsp3) is 0.556. The lowest BCUT2D eigenvalue weighted by Crippen LogP contribution is -2.54. The monoisotopic (exact) mass is 351 g/mol. The average molecular weight is 351 g/mol. The molecule has 1 aromatic rings. The van der Waals surface area contributed by atoms with E-state index in [4.69, 9.17) is 14.2 Å². The van der Waals surface area contributed by atoms with E-state index in [9.17, 15) is 14.7 Å². The third kappa shape index (κ3) is 6.36. The van der Waals surface area contributed by atoms with Crippen LogP contribution in [0.4, 0.5) is 4.79 Å². The molecule has 1 aliphatic rings. The van der Waals surface area contributed by atoms with Crippen LogP contribution in [0.5, 0.6) is 0 Å². The zero-order chi connectivity index (χ0) is 18.4. The van der Waals surface area contributed by atoms with E-state index in [1.54, 1.807) is 20.8 Å². The standard InChI is InChI=1S/C18H25NO6/c1-18(2,3)25-17(22)19-9-14(24-15(10-19)16(20)21)12-23-11-13-7-5-4-6-8-13/h4-8,14-15H,9-12H2,1-3H3,(H,20,21)/t14-,15+/m1/s1. The normalized spacial score (nSPS) is 21.0. The Bertz CT molecular complexity index is 583. The number of hydrogen-bond donors (Lipinski definition) is 1. The van der Waals surface area contributed by atoms with E-state index in [0.29, 0.717) is 6.61 Å².